The quantitative estimate of drug-likeness (QED) is 0.786. The smallest absolute Gasteiger partial charge is 0.154 e. The van der Waals surface area contributed by atoms with E-state index in [0.29, 0.717) is 30.3 Å². The summed E-state index contributed by atoms with van der Waals surface area (Å²) in [5, 5.41) is 2.84. The molecule has 0 aromatic heterocycles. The van der Waals surface area contributed by atoms with Crippen molar-refractivity contribution in [2.24, 2.45) is 0 Å². The lowest BCUT2D eigenvalue weighted by atomic mass is 10.2. The van der Waals surface area contributed by atoms with Gasteiger partial charge in [-0.05, 0) is 31.4 Å². The fourth-order valence-electron chi connectivity index (χ4n) is 2.35. The minimum absolute atomic E-state index is 0.300. The number of benzene rings is 1. The van der Waals surface area contributed by atoms with Crippen molar-refractivity contribution < 1.29 is 13.2 Å². The Hall–Kier alpha value is -1.43. The third-order valence-corrected chi connectivity index (χ3v) is 5.79. The molecule has 1 fully saturated rings. The molecule has 0 radical (unpaired) electrons. The second kappa shape index (κ2) is 6.35. The van der Waals surface area contributed by atoms with Crippen LogP contribution < -0.4 is 15.8 Å². The topological polar surface area (TPSA) is 81.4 Å². The Labute approximate surface area is 120 Å². The highest BCUT2D eigenvalue weighted by Gasteiger charge is 2.30. The first-order valence-electron chi connectivity index (χ1n) is 7.01. The second-order valence-electron chi connectivity index (χ2n) is 5.08. The molecule has 20 heavy (non-hydrogen) atoms. The van der Waals surface area contributed by atoms with Crippen LogP contribution in [-0.4, -0.2) is 32.6 Å². The van der Waals surface area contributed by atoms with Crippen molar-refractivity contribution in [3.63, 3.8) is 0 Å². The maximum atomic E-state index is 11.8. The van der Waals surface area contributed by atoms with Crippen LogP contribution in [0.1, 0.15) is 26.2 Å². The van der Waals surface area contributed by atoms with E-state index in [9.17, 15) is 8.42 Å². The van der Waals surface area contributed by atoms with Crippen LogP contribution in [0.3, 0.4) is 0 Å². The minimum atomic E-state index is -2.93. The predicted octanol–water partition coefficient (Wildman–Crippen LogP) is 2.05. The lowest BCUT2D eigenvalue weighted by Gasteiger charge is -2.15. The fourth-order valence-corrected chi connectivity index (χ4v) is 4.11. The van der Waals surface area contributed by atoms with Crippen molar-refractivity contribution in [3.05, 3.63) is 18.2 Å². The summed E-state index contributed by atoms with van der Waals surface area (Å²) in [5.74, 6) is 0.945. The number of hydrogen-bond donors (Lipinski definition) is 2. The van der Waals surface area contributed by atoms with Crippen molar-refractivity contribution in [1.82, 2.24) is 0 Å². The molecule has 2 rings (SSSR count). The monoisotopic (exact) mass is 298 g/mol. The van der Waals surface area contributed by atoms with Gasteiger partial charge in [-0.15, -0.1) is 0 Å². The molecule has 1 aromatic rings. The standard InChI is InChI=1S/C14H22N2O3S/c1-2-8-19-13-7-3-6-12(14(13)15)16-10-11-5-4-9-20(11,17)18/h3,6-7,11,16H,2,4-5,8-10,15H2,1H3. The van der Waals surface area contributed by atoms with Crippen LogP contribution in [0, 0.1) is 0 Å². The number of nitrogens with one attached hydrogen (secondary N) is 1. The SMILES string of the molecule is CCCOc1cccc(NCC2CCCS2(=O)=O)c1N. The van der Waals surface area contributed by atoms with Gasteiger partial charge in [0.25, 0.3) is 0 Å². The Morgan fingerprint density at radius 3 is 2.90 bits per heavy atom. The number of anilines is 2. The van der Waals surface area contributed by atoms with Gasteiger partial charge in [0.1, 0.15) is 5.75 Å². The first-order chi connectivity index (χ1) is 9.54. The van der Waals surface area contributed by atoms with E-state index in [1.54, 1.807) is 0 Å². The van der Waals surface area contributed by atoms with Gasteiger partial charge in [-0.2, -0.15) is 0 Å². The van der Waals surface area contributed by atoms with Gasteiger partial charge < -0.3 is 15.8 Å². The number of rotatable bonds is 6. The Morgan fingerprint density at radius 1 is 1.45 bits per heavy atom. The van der Waals surface area contributed by atoms with Gasteiger partial charge in [-0.1, -0.05) is 13.0 Å². The number of nitrogen functional groups attached to an aromatic ring is 1. The van der Waals surface area contributed by atoms with Crippen molar-refractivity contribution in [2.45, 2.75) is 31.4 Å². The van der Waals surface area contributed by atoms with Gasteiger partial charge in [0, 0.05) is 6.54 Å². The third-order valence-electron chi connectivity index (χ3n) is 3.51. The van der Waals surface area contributed by atoms with Crippen molar-refractivity contribution in [2.75, 3.05) is 30.0 Å². The summed E-state index contributed by atoms with van der Waals surface area (Å²) in [6, 6.07) is 5.52. The maximum absolute atomic E-state index is 11.8. The van der Waals surface area contributed by atoms with E-state index in [4.69, 9.17) is 10.5 Å². The second-order valence-corrected chi connectivity index (χ2v) is 7.48. The molecule has 6 heteroatoms. The first-order valence-corrected chi connectivity index (χ1v) is 8.73. The van der Waals surface area contributed by atoms with E-state index >= 15 is 0 Å². The normalized spacial score (nSPS) is 20.8. The molecule has 1 aliphatic heterocycles. The molecule has 1 heterocycles. The average molecular weight is 298 g/mol. The van der Waals surface area contributed by atoms with Crippen LogP contribution in [0.5, 0.6) is 5.75 Å². The zero-order chi connectivity index (χ0) is 14.6. The summed E-state index contributed by atoms with van der Waals surface area (Å²) in [5.41, 5.74) is 7.31. The summed E-state index contributed by atoms with van der Waals surface area (Å²) in [7, 11) is -2.93. The summed E-state index contributed by atoms with van der Waals surface area (Å²) >= 11 is 0. The van der Waals surface area contributed by atoms with Gasteiger partial charge >= 0.3 is 0 Å². The Morgan fingerprint density at radius 2 is 2.25 bits per heavy atom. The molecule has 1 atom stereocenters. The van der Waals surface area contributed by atoms with Crippen LogP contribution in [0.4, 0.5) is 11.4 Å². The van der Waals surface area contributed by atoms with Gasteiger partial charge in [-0.3, -0.25) is 0 Å². The van der Waals surface area contributed by atoms with Crippen molar-refractivity contribution in [1.29, 1.82) is 0 Å². The van der Waals surface area contributed by atoms with Crippen LogP contribution in [0.25, 0.3) is 0 Å². The van der Waals surface area contributed by atoms with E-state index in [-0.39, 0.29) is 5.25 Å². The van der Waals surface area contributed by atoms with Crippen molar-refractivity contribution >= 4 is 21.2 Å². The first kappa shape index (κ1) is 15.0. The molecular weight excluding hydrogens is 276 g/mol. The van der Waals surface area contributed by atoms with Crippen LogP contribution in [-0.2, 0) is 9.84 Å². The van der Waals surface area contributed by atoms with Gasteiger partial charge in [0.2, 0.25) is 0 Å². The molecule has 5 nitrogen and oxygen atoms in total. The molecule has 0 spiro atoms. The number of nitrogens with two attached hydrogens (primary N) is 1. The highest BCUT2D eigenvalue weighted by molar-refractivity contribution is 7.92. The molecule has 1 aromatic carbocycles. The van der Waals surface area contributed by atoms with E-state index in [0.717, 1.165) is 24.9 Å². The number of hydrogen-bond acceptors (Lipinski definition) is 5. The van der Waals surface area contributed by atoms with E-state index in [2.05, 4.69) is 5.32 Å². The van der Waals surface area contributed by atoms with Gasteiger partial charge in [0.05, 0.1) is 29.0 Å². The average Bonchev–Trinajstić information content (AvgIpc) is 2.75. The highest BCUT2D eigenvalue weighted by atomic mass is 32.2. The van der Waals surface area contributed by atoms with Crippen molar-refractivity contribution in [3.8, 4) is 5.75 Å². The minimum Gasteiger partial charge on any atom is -0.491 e. The predicted molar refractivity (Wildman–Crippen MR) is 81.9 cm³/mol. The Bertz CT molecular complexity index is 558. The third kappa shape index (κ3) is 3.36. The molecule has 1 aliphatic rings. The molecule has 3 N–H and O–H groups in total. The van der Waals surface area contributed by atoms with E-state index in [1.165, 1.54) is 0 Å². The number of para-hydroxylation sites is 1. The fraction of sp³-hybridized carbons (Fsp3) is 0.571. The summed E-state index contributed by atoms with van der Waals surface area (Å²) in [6.07, 6.45) is 2.39. The summed E-state index contributed by atoms with van der Waals surface area (Å²) in [4.78, 5) is 0. The maximum Gasteiger partial charge on any atom is 0.154 e. The van der Waals surface area contributed by atoms with Gasteiger partial charge in [0.15, 0.2) is 9.84 Å². The highest BCUT2D eigenvalue weighted by Crippen LogP contribution is 2.30. The zero-order valence-corrected chi connectivity index (χ0v) is 12.6. The van der Waals surface area contributed by atoms with Crippen LogP contribution in [0.15, 0.2) is 18.2 Å². The molecule has 0 aliphatic carbocycles. The Kier molecular flexibility index (Phi) is 4.75. The van der Waals surface area contributed by atoms with Crippen LogP contribution in [0.2, 0.25) is 0 Å². The largest absolute Gasteiger partial charge is 0.491 e. The lowest BCUT2D eigenvalue weighted by molar-refractivity contribution is 0.319. The molecule has 1 saturated heterocycles. The summed E-state index contributed by atoms with van der Waals surface area (Å²) < 4.78 is 29.1. The Balaban J connectivity index is 2.03. The zero-order valence-electron chi connectivity index (χ0n) is 11.8. The lowest BCUT2D eigenvalue weighted by Crippen LogP contribution is -2.25. The number of sulfone groups is 1. The number of ether oxygens (including phenoxy) is 1. The van der Waals surface area contributed by atoms with E-state index in [1.807, 2.05) is 25.1 Å². The molecule has 0 bridgehead atoms. The van der Waals surface area contributed by atoms with Crippen LogP contribution >= 0.6 is 0 Å². The molecule has 0 saturated carbocycles. The summed E-state index contributed by atoms with van der Waals surface area (Å²) in [6.45, 7) is 3.05. The molecule has 112 valence electrons. The van der Waals surface area contributed by atoms with E-state index < -0.39 is 9.84 Å². The molecular formula is C14H22N2O3S. The molecule has 1 unspecified atom stereocenters. The molecule has 0 amide bonds. The van der Waals surface area contributed by atoms with Gasteiger partial charge in [-0.25, -0.2) is 8.42 Å².